The first-order valence-electron chi connectivity index (χ1n) is 11.6. The van der Waals surface area contributed by atoms with Crippen LogP contribution in [0.3, 0.4) is 0 Å². The molecule has 1 atom stereocenters. The molecule has 0 bridgehead atoms. The molecule has 8 heteroatoms. The van der Waals surface area contributed by atoms with Gasteiger partial charge in [-0.1, -0.05) is 24.3 Å². The zero-order valence-electron chi connectivity index (χ0n) is 19.8. The van der Waals surface area contributed by atoms with Crippen molar-refractivity contribution in [2.24, 2.45) is 5.92 Å². The van der Waals surface area contributed by atoms with E-state index in [0.717, 1.165) is 0 Å². The molecule has 0 spiro atoms. The largest absolute Gasteiger partial charge is 0.497 e. The van der Waals surface area contributed by atoms with Crippen molar-refractivity contribution in [3.8, 4) is 5.75 Å². The Morgan fingerprint density at radius 3 is 2.38 bits per heavy atom. The van der Waals surface area contributed by atoms with Crippen LogP contribution >= 0.6 is 0 Å². The third kappa shape index (κ3) is 6.81. The van der Waals surface area contributed by atoms with Crippen molar-refractivity contribution in [1.29, 1.82) is 0 Å². The van der Waals surface area contributed by atoms with E-state index in [1.165, 1.54) is 0 Å². The molecule has 3 amide bonds. The van der Waals surface area contributed by atoms with E-state index in [1.54, 1.807) is 67.7 Å². The highest BCUT2D eigenvalue weighted by Gasteiger charge is 2.34. The van der Waals surface area contributed by atoms with Gasteiger partial charge in [0.25, 0.3) is 11.8 Å². The monoisotopic (exact) mass is 467 g/mol. The first kappa shape index (κ1) is 25.2. The summed E-state index contributed by atoms with van der Waals surface area (Å²) in [6, 6.07) is 15.3. The van der Waals surface area contributed by atoms with Gasteiger partial charge in [0, 0.05) is 44.5 Å². The minimum Gasteiger partial charge on any atom is -0.497 e. The number of carbonyl (C=O) groups is 3. The fourth-order valence-corrected chi connectivity index (χ4v) is 4.12. The van der Waals surface area contributed by atoms with Crippen LogP contribution in [0.15, 0.2) is 54.6 Å². The van der Waals surface area contributed by atoms with Gasteiger partial charge in [-0.15, -0.1) is 0 Å². The smallest absolute Gasteiger partial charge is 0.253 e. The Hall–Kier alpha value is -3.39. The van der Waals surface area contributed by atoms with Gasteiger partial charge in [0.05, 0.1) is 7.11 Å². The molecular weight excluding hydrogens is 434 g/mol. The normalized spacial score (nSPS) is 14.8. The molecule has 8 nitrogen and oxygen atoms in total. The van der Waals surface area contributed by atoms with Crippen LogP contribution in [0.2, 0.25) is 0 Å². The zero-order chi connectivity index (χ0) is 24.3. The topological polar surface area (TPSA) is 97.0 Å². The summed E-state index contributed by atoms with van der Waals surface area (Å²) in [5.74, 6) is -0.00395. The number of amides is 3. The molecule has 1 heterocycles. The van der Waals surface area contributed by atoms with Crippen LogP contribution in [-0.4, -0.2) is 69.1 Å². The summed E-state index contributed by atoms with van der Waals surface area (Å²) in [7, 11) is 3.19. The zero-order valence-corrected chi connectivity index (χ0v) is 19.8. The predicted molar refractivity (Wildman–Crippen MR) is 129 cm³/mol. The van der Waals surface area contributed by atoms with Crippen LogP contribution in [0, 0.1) is 5.92 Å². The number of carbonyl (C=O) groups excluding carboxylic acids is 3. The summed E-state index contributed by atoms with van der Waals surface area (Å²) in [6.45, 7) is 2.04. The number of methoxy groups -OCH3 is 2. The maximum Gasteiger partial charge on any atom is 0.253 e. The SMILES string of the molecule is COCCCNC(=O)C(NC(=O)c1ccccc1)C1CCN(C(=O)c2cccc(OC)c2)CC1. The van der Waals surface area contributed by atoms with Gasteiger partial charge in [-0.25, -0.2) is 0 Å². The van der Waals surface area contributed by atoms with E-state index < -0.39 is 6.04 Å². The molecule has 3 rings (SSSR count). The van der Waals surface area contributed by atoms with Crippen molar-refractivity contribution in [2.75, 3.05) is 40.5 Å². The van der Waals surface area contributed by atoms with Crippen LogP contribution in [0.25, 0.3) is 0 Å². The van der Waals surface area contributed by atoms with Crippen LogP contribution in [-0.2, 0) is 9.53 Å². The molecule has 1 fully saturated rings. The molecule has 1 unspecified atom stereocenters. The maximum atomic E-state index is 13.0. The molecule has 1 saturated heterocycles. The van der Waals surface area contributed by atoms with Crippen molar-refractivity contribution < 1.29 is 23.9 Å². The summed E-state index contributed by atoms with van der Waals surface area (Å²) < 4.78 is 10.3. The highest BCUT2D eigenvalue weighted by Crippen LogP contribution is 2.24. The lowest BCUT2D eigenvalue weighted by molar-refractivity contribution is -0.124. The lowest BCUT2D eigenvalue weighted by atomic mass is 9.88. The predicted octanol–water partition coefficient (Wildman–Crippen LogP) is 2.50. The standard InChI is InChI=1S/C26H33N3O5/c1-33-17-7-14-27-25(31)23(28-24(30)20-8-4-3-5-9-20)19-12-15-29(16-13-19)26(32)21-10-6-11-22(18-21)34-2/h3-6,8-11,18-19,23H,7,12-17H2,1-2H3,(H,27,31)(H,28,30). The van der Waals surface area contributed by atoms with Crippen molar-refractivity contribution in [2.45, 2.75) is 25.3 Å². The van der Waals surface area contributed by atoms with E-state index in [0.29, 0.717) is 62.4 Å². The minimum absolute atomic E-state index is 0.0637. The Labute approximate surface area is 200 Å². The molecule has 2 N–H and O–H groups in total. The third-order valence-electron chi connectivity index (χ3n) is 6.04. The first-order chi connectivity index (χ1) is 16.5. The number of benzene rings is 2. The Morgan fingerprint density at radius 2 is 1.71 bits per heavy atom. The molecule has 0 radical (unpaired) electrons. The van der Waals surface area contributed by atoms with E-state index in [-0.39, 0.29) is 23.6 Å². The van der Waals surface area contributed by atoms with Gasteiger partial charge < -0.3 is 25.0 Å². The number of ether oxygens (including phenoxy) is 2. The molecule has 0 aliphatic carbocycles. The Morgan fingerprint density at radius 1 is 1.00 bits per heavy atom. The first-order valence-corrected chi connectivity index (χ1v) is 11.6. The van der Waals surface area contributed by atoms with Crippen molar-refractivity contribution in [3.63, 3.8) is 0 Å². The molecule has 2 aromatic carbocycles. The van der Waals surface area contributed by atoms with Crippen molar-refractivity contribution >= 4 is 17.7 Å². The number of rotatable bonds is 10. The summed E-state index contributed by atoms with van der Waals surface area (Å²) in [5.41, 5.74) is 1.08. The summed E-state index contributed by atoms with van der Waals surface area (Å²) in [6.07, 6.45) is 1.91. The van der Waals surface area contributed by atoms with E-state index >= 15 is 0 Å². The Kier molecular flexibility index (Phi) is 9.46. The summed E-state index contributed by atoms with van der Waals surface area (Å²) in [5, 5.41) is 5.85. The number of nitrogens with one attached hydrogen (secondary N) is 2. The van der Waals surface area contributed by atoms with Gasteiger partial charge in [0.15, 0.2) is 0 Å². The van der Waals surface area contributed by atoms with Crippen molar-refractivity contribution in [1.82, 2.24) is 15.5 Å². The number of nitrogens with zero attached hydrogens (tertiary/aromatic N) is 1. The fraction of sp³-hybridized carbons (Fsp3) is 0.423. The molecule has 1 aliphatic rings. The van der Waals surface area contributed by atoms with Crippen LogP contribution in [0.4, 0.5) is 0 Å². The molecule has 0 aromatic heterocycles. The van der Waals surface area contributed by atoms with Crippen molar-refractivity contribution in [3.05, 3.63) is 65.7 Å². The van der Waals surface area contributed by atoms with E-state index in [9.17, 15) is 14.4 Å². The minimum atomic E-state index is -0.677. The third-order valence-corrected chi connectivity index (χ3v) is 6.04. The molecule has 2 aromatic rings. The second-order valence-corrected chi connectivity index (χ2v) is 8.32. The average molecular weight is 468 g/mol. The molecule has 182 valence electrons. The van der Waals surface area contributed by atoms with Gasteiger partial charge in [-0.3, -0.25) is 14.4 Å². The van der Waals surface area contributed by atoms with E-state index in [1.807, 2.05) is 6.07 Å². The number of piperidine rings is 1. The van der Waals surface area contributed by atoms with Gasteiger partial charge in [-0.2, -0.15) is 0 Å². The van der Waals surface area contributed by atoms with Crippen LogP contribution < -0.4 is 15.4 Å². The Bertz CT molecular complexity index is 958. The maximum absolute atomic E-state index is 13.0. The summed E-state index contributed by atoms with van der Waals surface area (Å²) in [4.78, 5) is 40.6. The van der Waals surface area contributed by atoms with Gasteiger partial charge >= 0.3 is 0 Å². The molecule has 34 heavy (non-hydrogen) atoms. The number of hydrogen-bond donors (Lipinski definition) is 2. The molecule has 1 aliphatic heterocycles. The lowest BCUT2D eigenvalue weighted by Gasteiger charge is -2.36. The second kappa shape index (κ2) is 12.7. The van der Waals surface area contributed by atoms with Gasteiger partial charge in [0.2, 0.25) is 5.91 Å². The Balaban J connectivity index is 1.65. The average Bonchev–Trinajstić information content (AvgIpc) is 2.89. The number of likely N-dealkylation sites (tertiary alicyclic amines) is 1. The molecule has 0 saturated carbocycles. The lowest BCUT2D eigenvalue weighted by Crippen LogP contribution is -2.54. The van der Waals surface area contributed by atoms with Gasteiger partial charge in [0.1, 0.15) is 11.8 Å². The van der Waals surface area contributed by atoms with Crippen LogP contribution in [0.5, 0.6) is 5.75 Å². The number of hydrogen-bond acceptors (Lipinski definition) is 5. The van der Waals surface area contributed by atoms with Gasteiger partial charge in [-0.05, 0) is 55.5 Å². The van der Waals surface area contributed by atoms with E-state index in [4.69, 9.17) is 9.47 Å². The quantitative estimate of drug-likeness (QED) is 0.524. The van der Waals surface area contributed by atoms with E-state index in [2.05, 4.69) is 10.6 Å². The fourth-order valence-electron chi connectivity index (χ4n) is 4.12. The highest BCUT2D eigenvalue weighted by atomic mass is 16.5. The summed E-state index contributed by atoms with van der Waals surface area (Å²) >= 11 is 0. The molecular formula is C26H33N3O5. The van der Waals surface area contributed by atoms with Crippen LogP contribution in [0.1, 0.15) is 40.0 Å². The highest BCUT2D eigenvalue weighted by molar-refractivity contribution is 5.97. The second-order valence-electron chi connectivity index (χ2n) is 8.32.